The maximum absolute atomic E-state index is 13.0. The Morgan fingerprint density at radius 2 is 1.58 bits per heavy atom. The number of carboxylic acids is 1. The quantitative estimate of drug-likeness (QED) is 0.130. The first-order chi connectivity index (χ1) is 24.4. The van der Waals surface area contributed by atoms with Crippen molar-refractivity contribution in [2.45, 2.75) is 119 Å². The number of rotatable bonds is 19. The number of Topliss-reactive ketones (excluding diaryl/α,β-unsaturated/α-hetero) is 1. The van der Waals surface area contributed by atoms with E-state index in [0.29, 0.717) is 25.1 Å². The van der Waals surface area contributed by atoms with Gasteiger partial charge in [0.05, 0.1) is 24.3 Å². The summed E-state index contributed by atoms with van der Waals surface area (Å²) in [5.74, 6) is -3.69. The van der Waals surface area contributed by atoms with Crippen molar-refractivity contribution < 1.29 is 53.2 Å². The molecule has 294 valence electrons. The molecule has 0 saturated carbocycles. The highest BCUT2D eigenvalue weighted by molar-refractivity contribution is 5.97. The molecule has 0 aliphatic carbocycles. The number of carbonyl (C=O) groups is 6. The summed E-state index contributed by atoms with van der Waals surface area (Å²) in [6, 6.07) is 3.67. The van der Waals surface area contributed by atoms with E-state index in [4.69, 9.17) is 14.2 Å². The zero-order valence-corrected chi connectivity index (χ0v) is 32.2. The second-order valence-electron chi connectivity index (χ2n) is 13.9. The lowest BCUT2D eigenvalue weighted by Crippen LogP contribution is -2.51. The van der Waals surface area contributed by atoms with Gasteiger partial charge >= 0.3 is 11.9 Å². The number of anilines is 1. The summed E-state index contributed by atoms with van der Waals surface area (Å²) in [4.78, 5) is 75.9. The van der Waals surface area contributed by atoms with Crippen molar-refractivity contribution in [3.05, 3.63) is 23.8 Å². The summed E-state index contributed by atoms with van der Waals surface area (Å²) < 4.78 is 16.7. The number of aliphatic hydroxyl groups is 1. The molecule has 4 unspecified atom stereocenters. The number of carbonyl (C=O) groups excluding carboxylic acids is 5. The minimum Gasteiger partial charge on any atom is -0.479 e. The number of amides is 3. The Labute approximate surface area is 307 Å². The third kappa shape index (κ3) is 17.4. The van der Waals surface area contributed by atoms with Gasteiger partial charge in [-0.2, -0.15) is 0 Å². The first kappa shape index (κ1) is 45.9. The van der Waals surface area contributed by atoms with E-state index >= 15 is 0 Å². The molecule has 0 radical (unpaired) electrons. The molecule has 3 amide bonds. The molecule has 5 N–H and O–H groups in total. The normalized spacial score (nSPS) is 17.5. The van der Waals surface area contributed by atoms with Crippen molar-refractivity contribution in [3.63, 3.8) is 0 Å². The number of nitrogens with zero attached hydrogens (tertiary/aromatic N) is 1. The number of nitrogens with one attached hydrogen (secondary N) is 3. The molecule has 15 heteroatoms. The van der Waals surface area contributed by atoms with Gasteiger partial charge in [0.25, 0.3) is 0 Å². The third-order valence-corrected chi connectivity index (χ3v) is 7.77. The average Bonchev–Trinajstić information content (AvgIpc) is 3.07. The Morgan fingerprint density at radius 1 is 0.942 bits per heavy atom. The monoisotopic (exact) mass is 736 g/mol. The molecular weight excluding hydrogens is 676 g/mol. The summed E-state index contributed by atoms with van der Waals surface area (Å²) in [6.45, 7) is 15.2. The largest absolute Gasteiger partial charge is 0.479 e. The Hall–Kier alpha value is -4.08. The lowest BCUT2D eigenvalue weighted by molar-refractivity contribution is -0.195. The Bertz CT molecular complexity index is 1330. The molecule has 1 aliphatic heterocycles. The Balaban J connectivity index is 0.00000434. The van der Waals surface area contributed by atoms with Gasteiger partial charge in [-0.25, -0.2) is 4.79 Å². The standard InChI is InChI=1S/C34H52N4O11.C3H8/c1-19(2)25(40)10-12-38(7)13-11-28(41)37-31(20(3)4)32(43)35-17-29(42)36-24-9-8-22(18-47-34(46)21(5)6)14-26(24)48-30-16-23(39)15-27(49-30)33(44)45;1-3-2/h8-9,14,19-21,23,27,30-31,39H,10-13,15-18H2,1-7H3,(H,35,43)(H,36,42)(H,37,41)(H,44,45);3H2,1-2H3. The van der Waals surface area contributed by atoms with Crippen molar-refractivity contribution in [1.29, 1.82) is 0 Å². The van der Waals surface area contributed by atoms with Gasteiger partial charge in [0, 0.05) is 44.7 Å². The Morgan fingerprint density at radius 3 is 2.15 bits per heavy atom. The first-order valence-corrected chi connectivity index (χ1v) is 18.0. The topological polar surface area (TPSA) is 210 Å². The van der Waals surface area contributed by atoms with E-state index in [1.54, 1.807) is 33.8 Å². The third-order valence-electron chi connectivity index (χ3n) is 7.77. The fourth-order valence-corrected chi connectivity index (χ4v) is 4.66. The number of hydrogen-bond donors (Lipinski definition) is 5. The fraction of sp³-hybridized carbons (Fsp3) is 0.676. The zero-order valence-electron chi connectivity index (χ0n) is 32.2. The highest BCUT2D eigenvalue weighted by atomic mass is 16.7. The summed E-state index contributed by atoms with van der Waals surface area (Å²) in [7, 11) is 1.82. The molecule has 52 heavy (non-hydrogen) atoms. The molecule has 0 bridgehead atoms. The highest BCUT2D eigenvalue weighted by Crippen LogP contribution is 2.31. The number of ether oxygens (including phenoxy) is 3. The van der Waals surface area contributed by atoms with Gasteiger partial charge in [0.1, 0.15) is 24.2 Å². The van der Waals surface area contributed by atoms with E-state index < -0.39 is 54.8 Å². The van der Waals surface area contributed by atoms with Gasteiger partial charge in [0.15, 0.2) is 6.10 Å². The number of aliphatic carboxylic acids is 1. The van der Waals surface area contributed by atoms with Crippen LogP contribution in [0.5, 0.6) is 5.75 Å². The maximum Gasteiger partial charge on any atom is 0.333 e. The smallest absolute Gasteiger partial charge is 0.333 e. The van der Waals surface area contributed by atoms with Crippen LogP contribution in [-0.2, 0) is 44.8 Å². The summed E-state index contributed by atoms with van der Waals surface area (Å²) in [5.41, 5.74) is 0.661. The fourth-order valence-electron chi connectivity index (χ4n) is 4.66. The maximum atomic E-state index is 13.0. The molecule has 4 atom stereocenters. The van der Waals surface area contributed by atoms with Crippen molar-refractivity contribution >= 4 is 41.1 Å². The number of aliphatic hydroxyl groups excluding tert-OH is 1. The second kappa shape index (κ2) is 23.5. The summed E-state index contributed by atoms with van der Waals surface area (Å²) in [6.07, 6.45) is -1.84. The van der Waals surface area contributed by atoms with Crippen LogP contribution >= 0.6 is 0 Å². The van der Waals surface area contributed by atoms with Crippen LogP contribution in [0.25, 0.3) is 0 Å². The predicted molar refractivity (Wildman–Crippen MR) is 194 cm³/mol. The van der Waals surface area contributed by atoms with Crippen LogP contribution in [0.15, 0.2) is 18.2 Å². The van der Waals surface area contributed by atoms with E-state index in [0.717, 1.165) is 0 Å². The molecular formula is C37H60N4O11. The van der Waals surface area contributed by atoms with Crippen molar-refractivity contribution in [2.24, 2.45) is 17.8 Å². The van der Waals surface area contributed by atoms with Gasteiger partial charge in [-0.3, -0.25) is 24.0 Å². The highest BCUT2D eigenvalue weighted by Gasteiger charge is 2.34. The zero-order chi connectivity index (χ0) is 39.5. The van der Waals surface area contributed by atoms with E-state index in [1.807, 2.05) is 25.8 Å². The molecule has 1 aromatic carbocycles. The first-order valence-electron chi connectivity index (χ1n) is 18.0. The molecule has 0 aromatic heterocycles. The number of carboxylic acid groups (broad SMARTS) is 1. The van der Waals surface area contributed by atoms with Gasteiger partial charge in [0.2, 0.25) is 24.0 Å². The molecule has 0 spiro atoms. The summed E-state index contributed by atoms with van der Waals surface area (Å²) >= 11 is 0. The van der Waals surface area contributed by atoms with Crippen LogP contribution in [0.4, 0.5) is 5.69 Å². The van der Waals surface area contributed by atoms with Crippen LogP contribution in [0.3, 0.4) is 0 Å². The van der Waals surface area contributed by atoms with E-state index in [2.05, 4.69) is 29.8 Å². The number of esters is 1. The van der Waals surface area contributed by atoms with Crippen molar-refractivity contribution in [3.8, 4) is 5.75 Å². The van der Waals surface area contributed by atoms with Gasteiger partial charge in [-0.05, 0) is 30.7 Å². The van der Waals surface area contributed by atoms with Crippen molar-refractivity contribution in [2.75, 3.05) is 32.0 Å². The Kier molecular flexibility index (Phi) is 20.7. The van der Waals surface area contributed by atoms with Crippen molar-refractivity contribution in [1.82, 2.24) is 15.5 Å². The van der Waals surface area contributed by atoms with Gasteiger partial charge in [-0.15, -0.1) is 0 Å². The number of ketones is 1. The SMILES string of the molecule is CC(C)C(=O)CCN(C)CCC(=O)NC(C(=O)NCC(=O)Nc1ccc(COC(=O)C(C)C)cc1OC1CC(O)CC(C(=O)O)O1)C(C)C.CCC. The van der Waals surface area contributed by atoms with E-state index in [-0.39, 0.29) is 66.8 Å². The minimum absolute atomic E-state index is 0.0316. The van der Waals surface area contributed by atoms with E-state index in [9.17, 15) is 39.0 Å². The second-order valence-corrected chi connectivity index (χ2v) is 13.9. The lowest BCUT2D eigenvalue weighted by Gasteiger charge is -2.31. The van der Waals surface area contributed by atoms with Crippen LogP contribution in [0.2, 0.25) is 0 Å². The van der Waals surface area contributed by atoms with Crippen LogP contribution in [-0.4, -0.2) is 102 Å². The molecule has 1 fully saturated rings. The molecule has 1 saturated heterocycles. The number of hydrogen-bond acceptors (Lipinski definition) is 11. The van der Waals surface area contributed by atoms with Crippen LogP contribution in [0, 0.1) is 17.8 Å². The minimum atomic E-state index is -1.30. The molecule has 15 nitrogen and oxygen atoms in total. The average molecular weight is 737 g/mol. The lowest BCUT2D eigenvalue weighted by atomic mass is 10.0. The summed E-state index contributed by atoms with van der Waals surface area (Å²) in [5, 5.41) is 27.5. The molecule has 1 heterocycles. The van der Waals surface area contributed by atoms with Gasteiger partial charge < -0.3 is 45.3 Å². The van der Waals surface area contributed by atoms with Gasteiger partial charge in [-0.1, -0.05) is 67.9 Å². The molecule has 1 aliphatic rings. The molecule has 2 rings (SSSR count). The molecule has 1 aromatic rings. The van der Waals surface area contributed by atoms with E-state index in [1.165, 1.54) is 18.6 Å². The van der Waals surface area contributed by atoms with Crippen LogP contribution < -0.4 is 20.7 Å². The van der Waals surface area contributed by atoms with Crippen LogP contribution in [0.1, 0.15) is 93.1 Å². The number of benzene rings is 1. The predicted octanol–water partition coefficient (Wildman–Crippen LogP) is 3.26.